The molecule has 0 spiro atoms. The fraction of sp³-hybridized carbons (Fsp3) is 0.630. The molecule has 1 amide bonds. The molecule has 6 nitrogen and oxygen atoms in total. The summed E-state index contributed by atoms with van der Waals surface area (Å²) in [5, 5.41) is 23.6. The van der Waals surface area contributed by atoms with Crippen LogP contribution in [0, 0.1) is 0 Å². The zero-order valence-electron chi connectivity index (χ0n) is 38.5. The van der Waals surface area contributed by atoms with E-state index >= 15 is 0 Å². The molecule has 0 radical (unpaired) electrons. The Morgan fingerprint density at radius 3 is 1.33 bits per heavy atom. The number of allylic oxidation sites excluding steroid dienone is 18. The maximum Gasteiger partial charge on any atom is 0.306 e. The van der Waals surface area contributed by atoms with Crippen LogP contribution in [0.4, 0.5) is 0 Å². The third-order valence-electron chi connectivity index (χ3n) is 10.1. The van der Waals surface area contributed by atoms with Crippen LogP contribution < -0.4 is 5.32 Å². The fourth-order valence-corrected chi connectivity index (χ4v) is 6.53. The summed E-state index contributed by atoms with van der Waals surface area (Å²) in [6.07, 6.45) is 63.0. The second kappa shape index (κ2) is 46.6. The molecule has 0 saturated carbocycles. The van der Waals surface area contributed by atoms with E-state index in [1.54, 1.807) is 0 Å². The first kappa shape index (κ1) is 56.5. The molecule has 0 fully saturated rings. The van der Waals surface area contributed by atoms with Crippen LogP contribution in [0.2, 0.25) is 0 Å². The number of unbranched alkanes of at least 4 members (excludes halogenated alkanes) is 11. The molecule has 0 aliphatic carbocycles. The maximum atomic E-state index is 13.2. The summed E-state index contributed by atoms with van der Waals surface area (Å²) < 4.78 is 5.84. The van der Waals surface area contributed by atoms with Gasteiger partial charge in [-0.05, 0) is 89.9 Å². The van der Waals surface area contributed by atoms with Crippen LogP contribution in [-0.2, 0) is 14.3 Å². The normalized spacial score (nSPS) is 14.3. The van der Waals surface area contributed by atoms with Crippen LogP contribution in [0.25, 0.3) is 0 Å². The van der Waals surface area contributed by atoms with Gasteiger partial charge in [0.15, 0.2) is 0 Å². The van der Waals surface area contributed by atoms with Crippen molar-refractivity contribution in [2.24, 2.45) is 0 Å². The van der Waals surface area contributed by atoms with Crippen LogP contribution in [0.5, 0.6) is 0 Å². The van der Waals surface area contributed by atoms with E-state index in [1.165, 1.54) is 51.4 Å². The topological polar surface area (TPSA) is 95.9 Å². The van der Waals surface area contributed by atoms with Crippen LogP contribution in [0.15, 0.2) is 109 Å². The highest BCUT2D eigenvalue weighted by Gasteiger charge is 2.23. The Morgan fingerprint density at radius 1 is 0.500 bits per heavy atom. The Hall–Kier alpha value is -3.48. The lowest BCUT2D eigenvalue weighted by atomic mass is 10.0. The van der Waals surface area contributed by atoms with Gasteiger partial charge in [0.05, 0.1) is 25.2 Å². The molecule has 3 atom stereocenters. The summed E-state index contributed by atoms with van der Waals surface area (Å²) in [7, 11) is 0. The van der Waals surface area contributed by atoms with Gasteiger partial charge in [0.1, 0.15) is 6.10 Å². The summed E-state index contributed by atoms with van der Waals surface area (Å²) in [5.41, 5.74) is 0. The smallest absolute Gasteiger partial charge is 0.306 e. The van der Waals surface area contributed by atoms with Gasteiger partial charge in [0.2, 0.25) is 5.91 Å². The van der Waals surface area contributed by atoms with Crippen LogP contribution in [0.3, 0.4) is 0 Å². The SMILES string of the molecule is CC/C=C/C/C=C/C/C=C/C/C=C/C/C=C/CCC(=O)OC(CCC/C=C/C/C=C/C/C=C/C/C=C/CC)CC(=O)NC(CO)C(O)CCCCCCCCCCCCC. The van der Waals surface area contributed by atoms with E-state index in [-0.39, 0.29) is 31.3 Å². The fourth-order valence-electron chi connectivity index (χ4n) is 6.53. The molecule has 60 heavy (non-hydrogen) atoms. The molecular formula is C54H89NO5. The molecule has 0 aliphatic rings. The molecule has 0 aromatic rings. The molecule has 3 unspecified atom stereocenters. The summed E-state index contributed by atoms with van der Waals surface area (Å²) in [6.45, 7) is 6.19. The second-order valence-corrected chi connectivity index (χ2v) is 15.7. The Morgan fingerprint density at radius 2 is 0.900 bits per heavy atom. The van der Waals surface area contributed by atoms with E-state index in [9.17, 15) is 19.8 Å². The highest BCUT2D eigenvalue weighted by Crippen LogP contribution is 2.15. The summed E-state index contributed by atoms with van der Waals surface area (Å²) >= 11 is 0. The lowest BCUT2D eigenvalue weighted by Gasteiger charge is -2.24. The predicted octanol–water partition coefficient (Wildman–Crippen LogP) is 14.3. The zero-order valence-corrected chi connectivity index (χ0v) is 38.5. The maximum absolute atomic E-state index is 13.2. The molecule has 340 valence electrons. The highest BCUT2D eigenvalue weighted by molar-refractivity contribution is 5.77. The molecule has 0 aromatic carbocycles. The Bertz CT molecular complexity index is 1250. The van der Waals surface area contributed by atoms with Gasteiger partial charge in [0.25, 0.3) is 0 Å². The number of carbonyl (C=O) groups is 2. The number of aliphatic hydroxyl groups is 2. The Labute approximate surface area is 368 Å². The number of aliphatic hydroxyl groups excluding tert-OH is 2. The van der Waals surface area contributed by atoms with Gasteiger partial charge in [-0.3, -0.25) is 9.59 Å². The number of nitrogens with one attached hydrogen (secondary N) is 1. The predicted molar refractivity (Wildman–Crippen MR) is 259 cm³/mol. The minimum Gasteiger partial charge on any atom is -0.462 e. The Kier molecular flexibility index (Phi) is 43.9. The van der Waals surface area contributed by atoms with Gasteiger partial charge in [0, 0.05) is 6.42 Å². The van der Waals surface area contributed by atoms with Crippen LogP contribution in [0.1, 0.15) is 194 Å². The first-order chi connectivity index (χ1) is 29.5. The number of amides is 1. The highest BCUT2D eigenvalue weighted by atomic mass is 16.5. The number of rotatable bonds is 41. The summed E-state index contributed by atoms with van der Waals surface area (Å²) in [5.74, 6) is -0.640. The van der Waals surface area contributed by atoms with Crippen LogP contribution >= 0.6 is 0 Å². The number of hydrogen-bond acceptors (Lipinski definition) is 5. The molecule has 0 heterocycles. The molecule has 0 saturated heterocycles. The van der Waals surface area contributed by atoms with Crippen molar-refractivity contribution in [1.29, 1.82) is 0 Å². The molecule has 0 rings (SSSR count). The first-order valence-electron chi connectivity index (χ1n) is 24.1. The molecule has 6 heteroatoms. The standard InChI is InChI=1S/C54H89NO5/c1-4-7-10-13-16-19-22-24-26-27-29-32-35-38-41-44-47-54(59)60-50(45-42-39-36-33-31-28-25-23-20-17-14-11-8-5-2)48-53(58)55-51(49-56)52(57)46-43-40-37-34-30-21-18-15-12-9-6-3/h7-8,10-11,16-17,19-20,24-26,28-29,32-33,36,38,41,50-52,56-57H,4-6,9,12-15,18,21-23,27,30-31,34-35,37,39-40,42-49H2,1-3H3,(H,55,58)/b10-7+,11-8+,19-16+,20-17+,26-24+,28-25+,32-29+,36-33+,41-38+. The van der Waals surface area contributed by atoms with Gasteiger partial charge in [-0.25, -0.2) is 0 Å². The van der Waals surface area contributed by atoms with Gasteiger partial charge in [-0.1, -0.05) is 201 Å². The quantitative estimate of drug-likeness (QED) is 0.0324. The number of ether oxygens (including phenoxy) is 1. The van der Waals surface area contributed by atoms with Crippen molar-refractivity contribution in [1.82, 2.24) is 5.32 Å². The zero-order chi connectivity index (χ0) is 43.8. The van der Waals surface area contributed by atoms with Crippen molar-refractivity contribution in [2.75, 3.05) is 6.61 Å². The molecular weight excluding hydrogens is 743 g/mol. The van der Waals surface area contributed by atoms with Gasteiger partial charge >= 0.3 is 5.97 Å². The summed E-state index contributed by atoms with van der Waals surface area (Å²) in [6, 6.07) is -0.739. The van der Waals surface area contributed by atoms with Crippen molar-refractivity contribution in [2.45, 2.75) is 212 Å². The van der Waals surface area contributed by atoms with Crippen molar-refractivity contribution in [3.8, 4) is 0 Å². The minimum absolute atomic E-state index is 0.00325. The summed E-state index contributed by atoms with van der Waals surface area (Å²) in [4.78, 5) is 26.0. The third-order valence-corrected chi connectivity index (χ3v) is 10.1. The van der Waals surface area contributed by atoms with Gasteiger partial charge in [-0.2, -0.15) is 0 Å². The van der Waals surface area contributed by atoms with E-state index in [4.69, 9.17) is 4.74 Å². The van der Waals surface area contributed by atoms with Gasteiger partial charge in [-0.15, -0.1) is 0 Å². The van der Waals surface area contributed by atoms with E-state index in [1.807, 2.05) is 6.08 Å². The van der Waals surface area contributed by atoms with Crippen molar-refractivity contribution >= 4 is 11.9 Å². The molecule has 3 N–H and O–H groups in total. The molecule has 0 aromatic heterocycles. The van der Waals surface area contributed by atoms with Crippen molar-refractivity contribution in [3.63, 3.8) is 0 Å². The van der Waals surface area contributed by atoms with Crippen molar-refractivity contribution in [3.05, 3.63) is 109 Å². The molecule has 0 aliphatic heterocycles. The van der Waals surface area contributed by atoms with E-state index in [0.717, 1.165) is 89.9 Å². The second-order valence-electron chi connectivity index (χ2n) is 15.7. The van der Waals surface area contributed by atoms with E-state index in [2.05, 4.69) is 129 Å². The number of esters is 1. The van der Waals surface area contributed by atoms with E-state index in [0.29, 0.717) is 19.3 Å². The lowest BCUT2D eigenvalue weighted by molar-refractivity contribution is -0.150. The largest absolute Gasteiger partial charge is 0.462 e. The minimum atomic E-state index is -0.819. The average Bonchev–Trinajstić information content (AvgIpc) is 3.24. The Balaban J connectivity index is 4.83. The van der Waals surface area contributed by atoms with Crippen LogP contribution in [-0.4, -0.2) is 46.9 Å². The average molecular weight is 832 g/mol. The number of hydrogen-bond donors (Lipinski definition) is 3. The van der Waals surface area contributed by atoms with E-state index < -0.39 is 18.2 Å². The monoisotopic (exact) mass is 832 g/mol. The third kappa shape index (κ3) is 41.3. The molecule has 0 bridgehead atoms. The first-order valence-corrected chi connectivity index (χ1v) is 24.1. The van der Waals surface area contributed by atoms with Gasteiger partial charge < -0.3 is 20.3 Å². The number of carbonyl (C=O) groups excluding carboxylic acids is 2. The lowest BCUT2D eigenvalue weighted by Crippen LogP contribution is -2.46. The van der Waals surface area contributed by atoms with Crippen molar-refractivity contribution < 1.29 is 24.5 Å².